The Morgan fingerprint density at radius 2 is 1.17 bits per heavy atom. The third-order valence-electron chi connectivity index (χ3n) is 3.81. The van der Waals surface area contributed by atoms with Gasteiger partial charge in [-0.3, -0.25) is 0 Å². The fourth-order valence-corrected chi connectivity index (χ4v) is 2.69. The molecule has 0 N–H and O–H groups in total. The van der Waals surface area contributed by atoms with E-state index in [-0.39, 0.29) is 27.6 Å². The molecule has 4 rings (SSSR count). The topological polar surface area (TPSA) is 40.6 Å². The summed E-state index contributed by atoms with van der Waals surface area (Å²) >= 11 is 6.23. The molecule has 4 nitrogen and oxygen atoms in total. The van der Waals surface area contributed by atoms with Gasteiger partial charge in [-0.15, -0.1) is 0 Å². The van der Waals surface area contributed by atoms with Crippen LogP contribution in [0.25, 0.3) is 0 Å². The molecule has 0 bridgehead atoms. The second kappa shape index (κ2) is 10.1. The van der Waals surface area contributed by atoms with Gasteiger partial charge in [0.15, 0.2) is 5.75 Å². The number of halogens is 1. The molecule has 0 saturated carbocycles. The number of rotatable bonds is 6. The monoisotopic (exact) mass is 437 g/mol. The van der Waals surface area contributed by atoms with Crippen LogP contribution in [-0.2, 0) is 21.7 Å². The Labute approximate surface area is 188 Å². The molecule has 0 aliphatic carbocycles. The number of hydrogen-bond acceptors (Lipinski definition) is 4. The molecule has 3 aromatic carbocycles. The number of ether oxygens (including phenoxy) is 3. The molecule has 1 heterocycles. The summed E-state index contributed by atoms with van der Waals surface area (Å²) in [7, 11) is 0. The van der Waals surface area contributed by atoms with E-state index in [9.17, 15) is 0 Å². The zero-order chi connectivity index (χ0) is 19.2. The van der Waals surface area contributed by atoms with Gasteiger partial charge in [0.25, 0.3) is 5.88 Å². The molecule has 0 fully saturated rings. The number of aromatic nitrogens is 1. The molecule has 0 radical (unpaired) electrons. The smallest absolute Gasteiger partial charge is 0.267 e. The van der Waals surface area contributed by atoms with Crippen LogP contribution < -0.4 is 14.2 Å². The van der Waals surface area contributed by atoms with Gasteiger partial charge in [-0.1, -0.05) is 60.1 Å². The molecule has 0 unspecified atom stereocenters. The van der Waals surface area contributed by atoms with E-state index in [0.29, 0.717) is 33.8 Å². The van der Waals surface area contributed by atoms with Crippen LogP contribution in [0.2, 0.25) is 5.02 Å². The summed E-state index contributed by atoms with van der Waals surface area (Å²) in [6.45, 7) is 0. The molecule has 0 atom stereocenters. The van der Waals surface area contributed by atoms with Gasteiger partial charge < -0.3 is 14.2 Å². The number of nitrogens with zero attached hydrogens (tertiary/aromatic N) is 1. The van der Waals surface area contributed by atoms with Crippen molar-refractivity contribution in [2.45, 2.75) is 0 Å². The summed E-state index contributed by atoms with van der Waals surface area (Å²) in [5, 5.41) is 0.476. The van der Waals surface area contributed by atoms with Crippen molar-refractivity contribution in [2.75, 3.05) is 0 Å². The first-order chi connectivity index (χ1) is 13.8. The van der Waals surface area contributed by atoms with Crippen molar-refractivity contribution in [1.82, 2.24) is 4.98 Å². The Hall–Kier alpha value is -2.79. The predicted molar refractivity (Wildman–Crippen MR) is 109 cm³/mol. The molecular weight excluding hydrogens is 422 g/mol. The van der Waals surface area contributed by atoms with Crippen molar-refractivity contribution < 1.29 is 35.9 Å². The average Bonchev–Trinajstić information content (AvgIpc) is 2.73. The molecule has 0 saturated heterocycles. The van der Waals surface area contributed by atoms with Gasteiger partial charge in [0.05, 0.1) is 5.02 Å². The van der Waals surface area contributed by atoms with E-state index in [1.165, 1.54) is 0 Å². The Kier molecular flexibility index (Phi) is 7.31. The van der Waals surface area contributed by atoms with Crippen molar-refractivity contribution in [3.8, 4) is 34.6 Å². The predicted octanol–water partition coefficient (Wildman–Crippen LogP) is 7.11. The minimum atomic E-state index is 0. The summed E-state index contributed by atoms with van der Waals surface area (Å²) in [5.41, 5.74) is 0. The standard InChI is InChI=1S/C23H16ClNO3.Ti/c24-19-13-7-8-14-20(19)28-23-22(27-18-11-5-2-6-12-18)21(15-16-25-23)26-17-9-3-1-4-10-17;/h1-16H;. The maximum atomic E-state index is 6.23. The number of hydrogen-bond donors (Lipinski definition) is 0. The average molecular weight is 438 g/mol. The van der Waals surface area contributed by atoms with Crippen LogP contribution in [0.15, 0.2) is 97.2 Å². The Morgan fingerprint density at radius 1 is 0.586 bits per heavy atom. The van der Waals surface area contributed by atoms with Gasteiger partial charge >= 0.3 is 0 Å². The van der Waals surface area contributed by atoms with Gasteiger partial charge in [0.1, 0.15) is 17.2 Å². The van der Waals surface area contributed by atoms with E-state index in [1.807, 2.05) is 72.8 Å². The van der Waals surface area contributed by atoms with Crippen molar-refractivity contribution in [3.63, 3.8) is 0 Å². The van der Waals surface area contributed by atoms with Crippen molar-refractivity contribution in [3.05, 3.63) is 102 Å². The van der Waals surface area contributed by atoms with Crippen LogP contribution in [0.3, 0.4) is 0 Å². The van der Waals surface area contributed by atoms with Crippen molar-refractivity contribution in [2.24, 2.45) is 0 Å². The van der Waals surface area contributed by atoms with Gasteiger partial charge in [0.2, 0.25) is 5.75 Å². The summed E-state index contributed by atoms with van der Waals surface area (Å²) in [5.74, 6) is 2.88. The van der Waals surface area contributed by atoms with Crippen LogP contribution in [0, 0.1) is 0 Å². The first-order valence-electron chi connectivity index (χ1n) is 8.67. The minimum Gasteiger partial charge on any atom is -0.453 e. The van der Waals surface area contributed by atoms with Gasteiger partial charge in [-0.25, -0.2) is 4.98 Å². The minimum absolute atomic E-state index is 0. The van der Waals surface area contributed by atoms with Crippen LogP contribution in [0.4, 0.5) is 0 Å². The van der Waals surface area contributed by atoms with Gasteiger partial charge in [-0.05, 0) is 36.4 Å². The first kappa shape index (κ1) is 20.9. The fraction of sp³-hybridized carbons (Fsp3) is 0. The van der Waals surface area contributed by atoms with Crippen LogP contribution >= 0.6 is 11.6 Å². The number of benzene rings is 3. The number of para-hydroxylation sites is 3. The zero-order valence-electron chi connectivity index (χ0n) is 15.3. The third-order valence-corrected chi connectivity index (χ3v) is 4.13. The van der Waals surface area contributed by atoms with Crippen LogP contribution in [0.1, 0.15) is 0 Å². The number of pyridine rings is 1. The summed E-state index contributed by atoms with van der Waals surface area (Å²) in [6, 6.07) is 27.7. The Bertz CT molecular complexity index is 1060. The molecule has 29 heavy (non-hydrogen) atoms. The molecular formula is C23H16ClNO3Ti. The van der Waals surface area contributed by atoms with E-state index in [4.69, 9.17) is 25.8 Å². The molecule has 0 aliphatic heterocycles. The Morgan fingerprint density at radius 3 is 1.83 bits per heavy atom. The maximum absolute atomic E-state index is 6.23. The summed E-state index contributed by atoms with van der Waals surface area (Å²) in [4.78, 5) is 4.33. The van der Waals surface area contributed by atoms with Crippen molar-refractivity contribution in [1.29, 1.82) is 0 Å². The van der Waals surface area contributed by atoms with E-state index >= 15 is 0 Å². The van der Waals surface area contributed by atoms with Gasteiger partial charge in [-0.2, -0.15) is 0 Å². The zero-order valence-corrected chi connectivity index (χ0v) is 17.6. The molecule has 4 aromatic rings. The molecule has 142 valence electrons. The van der Waals surface area contributed by atoms with E-state index < -0.39 is 0 Å². The Balaban J connectivity index is 0.00000240. The van der Waals surface area contributed by atoms with E-state index in [1.54, 1.807) is 24.4 Å². The first-order valence-corrected chi connectivity index (χ1v) is 9.04. The molecule has 1 aromatic heterocycles. The molecule has 0 spiro atoms. The van der Waals surface area contributed by atoms with E-state index in [0.717, 1.165) is 0 Å². The van der Waals surface area contributed by atoms with Gasteiger partial charge in [0, 0.05) is 34.0 Å². The van der Waals surface area contributed by atoms with Crippen LogP contribution in [-0.4, -0.2) is 4.98 Å². The van der Waals surface area contributed by atoms with Crippen LogP contribution in [0.5, 0.6) is 34.6 Å². The van der Waals surface area contributed by atoms with E-state index in [2.05, 4.69) is 4.98 Å². The summed E-state index contributed by atoms with van der Waals surface area (Å²) in [6.07, 6.45) is 1.60. The second-order valence-corrected chi connectivity index (χ2v) is 6.21. The maximum Gasteiger partial charge on any atom is 0.267 e. The normalized spacial score (nSPS) is 9.97. The third kappa shape index (κ3) is 5.39. The molecule has 0 amide bonds. The fourth-order valence-electron chi connectivity index (χ4n) is 2.51. The summed E-state index contributed by atoms with van der Waals surface area (Å²) < 4.78 is 18.0. The van der Waals surface area contributed by atoms with Crippen molar-refractivity contribution >= 4 is 11.6 Å². The largest absolute Gasteiger partial charge is 0.453 e. The molecule has 6 heteroatoms. The second-order valence-electron chi connectivity index (χ2n) is 5.81. The SMILES string of the molecule is Clc1ccccc1Oc1nccc(Oc2ccccc2)c1Oc1ccccc1.[Ti]. The quantitative estimate of drug-likeness (QED) is 0.301. The molecule has 0 aliphatic rings.